The van der Waals surface area contributed by atoms with E-state index in [1.165, 1.54) is 12.1 Å². The molecule has 5 nitrogen and oxygen atoms in total. The van der Waals surface area contributed by atoms with Gasteiger partial charge in [-0.1, -0.05) is 0 Å². The normalized spacial score (nSPS) is 16.9. The standard InChI is InChI=1S/C13H18FN3O2/c1-15(2)11-5-7-16(8-6-11)13-9-10(14)3-4-12(13)17(18)19/h3-4,9,11H,5-8H2,1-2H3. The molecular formula is C13H18FN3O2. The molecule has 1 heterocycles. The van der Waals surface area contributed by atoms with E-state index in [4.69, 9.17) is 0 Å². The maximum absolute atomic E-state index is 13.3. The van der Waals surface area contributed by atoms with E-state index < -0.39 is 10.7 Å². The third-order valence-electron chi connectivity index (χ3n) is 3.67. The first kappa shape index (κ1) is 13.7. The number of benzene rings is 1. The molecule has 104 valence electrons. The van der Waals surface area contributed by atoms with E-state index in [0.29, 0.717) is 24.8 Å². The highest BCUT2D eigenvalue weighted by Crippen LogP contribution is 2.31. The summed E-state index contributed by atoms with van der Waals surface area (Å²) in [6, 6.07) is 4.12. The fourth-order valence-electron chi connectivity index (χ4n) is 2.53. The van der Waals surface area contributed by atoms with Gasteiger partial charge in [-0.05, 0) is 33.0 Å². The highest BCUT2D eigenvalue weighted by Gasteiger charge is 2.25. The lowest BCUT2D eigenvalue weighted by Crippen LogP contribution is -2.42. The molecule has 0 N–H and O–H groups in total. The van der Waals surface area contributed by atoms with Gasteiger partial charge in [-0.15, -0.1) is 0 Å². The summed E-state index contributed by atoms with van der Waals surface area (Å²) in [6.45, 7) is 1.43. The Balaban J connectivity index is 2.19. The topological polar surface area (TPSA) is 49.6 Å². The van der Waals surface area contributed by atoms with Gasteiger partial charge >= 0.3 is 0 Å². The number of nitro groups is 1. The molecule has 0 aliphatic carbocycles. The third-order valence-corrected chi connectivity index (χ3v) is 3.67. The first-order valence-electron chi connectivity index (χ1n) is 6.34. The van der Waals surface area contributed by atoms with Crippen molar-refractivity contribution in [3.63, 3.8) is 0 Å². The van der Waals surface area contributed by atoms with Gasteiger partial charge in [-0.2, -0.15) is 0 Å². The van der Waals surface area contributed by atoms with Gasteiger partial charge in [-0.25, -0.2) is 4.39 Å². The molecule has 1 saturated heterocycles. The van der Waals surface area contributed by atoms with Crippen LogP contribution in [0.1, 0.15) is 12.8 Å². The van der Waals surface area contributed by atoms with Crippen molar-refractivity contribution in [2.24, 2.45) is 0 Å². The van der Waals surface area contributed by atoms with Crippen LogP contribution in [0.3, 0.4) is 0 Å². The number of hydrogen-bond acceptors (Lipinski definition) is 4. The molecule has 0 unspecified atom stereocenters. The largest absolute Gasteiger partial charge is 0.366 e. The molecule has 1 aromatic rings. The predicted molar refractivity (Wildman–Crippen MR) is 72.0 cm³/mol. The summed E-state index contributed by atoms with van der Waals surface area (Å²) < 4.78 is 13.3. The maximum Gasteiger partial charge on any atom is 0.292 e. The third kappa shape index (κ3) is 3.01. The Morgan fingerprint density at radius 1 is 1.37 bits per heavy atom. The van der Waals surface area contributed by atoms with Crippen LogP contribution in [0, 0.1) is 15.9 Å². The zero-order valence-electron chi connectivity index (χ0n) is 11.2. The molecule has 1 fully saturated rings. The molecule has 19 heavy (non-hydrogen) atoms. The van der Waals surface area contributed by atoms with E-state index >= 15 is 0 Å². The van der Waals surface area contributed by atoms with Crippen LogP contribution in [0.5, 0.6) is 0 Å². The number of rotatable bonds is 3. The van der Waals surface area contributed by atoms with Crippen molar-refractivity contribution in [1.82, 2.24) is 4.90 Å². The van der Waals surface area contributed by atoms with E-state index in [0.717, 1.165) is 18.9 Å². The SMILES string of the molecule is CN(C)C1CCN(c2cc(F)ccc2[N+](=O)[O-])CC1. The maximum atomic E-state index is 13.3. The first-order chi connectivity index (χ1) is 8.99. The Morgan fingerprint density at radius 2 is 2.00 bits per heavy atom. The molecular weight excluding hydrogens is 249 g/mol. The number of nitrogens with zero attached hydrogens (tertiary/aromatic N) is 3. The molecule has 0 amide bonds. The Bertz CT molecular complexity index is 471. The Kier molecular flexibility index (Phi) is 3.99. The zero-order chi connectivity index (χ0) is 14.0. The van der Waals surface area contributed by atoms with Gasteiger partial charge < -0.3 is 9.80 Å². The Labute approximate surface area is 111 Å². The van der Waals surface area contributed by atoms with Gasteiger partial charge in [0.25, 0.3) is 5.69 Å². The summed E-state index contributed by atoms with van der Waals surface area (Å²) in [4.78, 5) is 14.6. The second-order valence-electron chi connectivity index (χ2n) is 5.07. The Morgan fingerprint density at radius 3 is 2.53 bits per heavy atom. The second-order valence-corrected chi connectivity index (χ2v) is 5.07. The smallest absolute Gasteiger partial charge is 0.292 e. The van der Waals surface area contributed by atoms with Gasteiger partial charge in [0.1, 0.15) is 11.5 Å². The van der Waals surface area contributed by atoms with Crippen LogP contribution in [-0.4, -0.2) is 43.0 Å². The monoisotopic (exact) mass is 267 g/mol. The van der Waals surface area contributed by atoms with Crippen LogP contribution in [0.4, 0.5) is 15.8 Å². The van der Waals surface area contributed by atoms with Gasteiger partial charge in [0.05, 0.1) is 4.92 Å². The van der Waals surface area contributed by atoms with Crippen molar-refractivity contribution in [2.75, 3.05) is 32.1 Å². The van der Waals surface area contributed by atoms with E-state index in [2.05, 4.69) is 4.90 Å². The number of anilines is 1. The predicted octanol–water partition coefficient (Wildman–Crippen LogP) is 2.26. The molecule has 1 aromatic carbocycles. The van der Waals surface area contributed by atoms with E-state index in [1.54, 1.807) is 0 Å². The summed E-state index contributed by atoms with van der Waals surface area (Å²) in [6.07, 6.45) is 1.86. The second kappa shape index (κ2) is 5.52. The van der Waals surface area contributed by atoms with Crippen molar-refractivity contribution in [3.05, 3.63) is 34.1 Å². The average molecular weight is 267 g/mol. The van der Waals surface area contributed by atoms with Gasteiger partial charge in [0, 0.05) is 31.3 Å². The van der Waals surface area contributed by atoms with Crippen molar-refractivity contribution in [1.29, 1.82) is 0 Å². The minimum atomic E-state index is -0.452. The summed E-state index contributed by atoms with van der Waals surface area (Å²) in [5.74, 6) is -0.435. The number of nitro benzene ring substituents is 1. The Hall–Kier alpha value is -1.69. The fourth-order valence-corrected chi connectivity index (χ4v) is 2.53. The molecule has 1 aliphatic rings. The molecule has 6 heteroatoms. The molecule has 0 bridgehead atoms. The fraction of sp³-hybridized carbons (Fsp3) is 0.538. The lowest BCUT2D eigenvalue weighted by atomic mass is 10.0. The minimum Gasteiger partial charge on any atom is -0.366 e. The molecule has 1 aliphatic heterocycles. The zero-order valence-corrected chi connectivity index (χ0v) is 11.2. The molecule has 0 atom stereocenters. The summed E-state index contributed by atoms with van der Waals surface area (Å²) in [7, 11) is 4.07. The number of halogens is 1. The van der Waals surface area contributed by atoms with E-state index in [9.17, 15) is 14.5 Å². The van der Waals surface area contributed by atoms with Gasteiger partial charge in [-0.3, -0.25) is 10.1 Å². The average Bonchev–Trinajstić information content (AvgIpc) is 2.38. The van der Waals surface area contributed by atoms with Gasteiger partial charge in [0.15, 0.2) is 0 Å². The van der Waals surface area contributed by atoms with Gasteiger partial charge in [0.2, 0.25) is 0 Å². The molecule has 0 saturated carbocycles. The van der Waals surface area contributed by atoms with Crippen LogP contribution in [0.25, 0.3) is 0 Å². The highest BCUT2D eigenvalue weighted by atomic mass is 19.1. The first-order valence-corrected chi connectivity index (χ1v) is 6.34. The number of piperidine rings is 1. The van der Waals surface area contributed by atoms with Crippen molar-refractivity contribution >= 4 is 11.4 Å². The van der Waals surface area contributed by atoms with Crippen LogP contribution >= 0.6 is 0 Å². The minimum absolute atomic E-state index is 0.0234. The van der Waals surface area contributed by atoms with E-state index in [1.807, 2.05) is 19.0 Å². The summed E-state index contributed by atoms with van der Waals surface area (Å²) >= 11 is 0. The molecule has 0 aromatic heterocycles. The van der Waals surface area contributed by atoms with Crippen molar-refractivity contribution in [2.45, 2.75) is 18.9 Å². The van der Waals surface area contributed by atoms with Crippen LogP contribution in [0.15, 0.2) is 18.2 Å². The van der Waals surface area contributed by atoms with E-state index in [-0.39, 0.29) is 5.69 Å². The number of hydrogen-bond donors (Lipinski definition) is 0. The molecule has 2 rings (SSSR count). The van der Waals surface area contributed by atoms with Crippen molar-refractivity contribution in [3.8, 4) is 0 Å². The lowest BCUT2D eigenvalue weighted by Gasteiger charge is -2.36. The van der Waals surface area contributed by atoms with Crippen LogP contribution in [0.2, 0.25) is 0 Å². The van der Waals surface area contributed by atoms with Crippen LogP contribution < -0.4 is 4.90 Å². The van der Waals surface area contributed by atoms with Crippen LogP contribution in [-0.2, 0) is 0 Å². The molecule has 0 spiro atoms. The summed E-state index contributed by atoms with van der Waals surface area (Å²) in [5.41, 5.74) is 0.368. The summed E-state index contributed by atoms with van der Waals surface area (Å²) in [5, 5.41) is 11.0. The molecule has 0 radical (unpaired) electrons. The lowest BCUT2D eigenvalue weighted by molar-refractivity contribution is -0.384. The van der Waals surface area contributed by atoms with Crippen molar-refractivity contribution < 1.29 is 9.31 Å². The highest BCUT2D eigenvalue weighted by molar-refractivity contribution is 5.63. The quantitative estimate of drug-likeness (QED) is 0.622.